The van der Waals surface area contributed by atoms with E-state index in [0.29, 0.717) is 23.8 Å². The molecule has 69 heavy (non-hydrogen) atoms. The van der Waals surface area contributed by atoms with E-state index in [1.54, 1.807) is 24.5 Å². The highest BCUT2D eigenvalue weighted by Gasteiger charge is 2.20. The third-order valence-electron chi connectivity index (χ3n) is 13.3. The average molecular weight is 1070 g/mol. The van der Waals surface area contributed by atoms with Gasteiger partial charge in [0.2, 0.25) is 5.95 Å². The summed E-state index contributed by atoms with van der Waals surface area (Å²) in [7, 11) is 2.21. The number of hydrogen-bond acceptors (Lipinski definition) is 13. The Kier molecular flexibility index (Phi) is 19.6. The van der Waals surface area contributed by atoms with Gasteiger partial charge in [-0.05, 0) is 159 Å². The number of phenolic OH excluding ortho intramolecular Hbond substituents is 3. The molecule has 1 saturated heterocycles. The van der Waals surface area contributed by atoms with E-state index in [1.165, 1.54) is 87.1 Å². The number of imidazole rings is 1. The molecule has 3 fully saturated rings. The molecular weight excluding hydrogens is 1000 g/mol. The van der Waals surface area contributed by atoms with Gasteiger partial charge in [0.15, 0.2) is 23.0 Å². The second kappa shape index (κ2) is 26.2. The summed E-state index contributed by atoms with van der Waals surface area (Å²) < 4.78 is 7.49. The highest BCUT2D eigenvalue weighted by atomic mass is 79.9. The number of aromatic hydroxyl groups is 3. The Labute approximate surface area is 424 Å². The lowest BCUT2D eigenvalue weighted by Gasteiger charge is -2.31. The monoisotopic (exact) mass is 1070 g/mol. The number of phenols is 3. The van der Waals surface area contributed by atoms with Gasteiger partial charge >= 0.3 is 0 Å². The van der Waals surface area contributed by atoms with Crippen LogP contribution < -0.4 is 26.6 Å². The number of nitrogens with one attached hydrogen (secondary N) is 4. The van der Waals surface area contributed by atoms with Crippen molar-refractivity contribution in [1.29, 1.82) is 0 Å². The van der Waals surface area contributed by atoms with E-state index in [9.17, 15) is 15.3 Å². The molecule has 0 bridgehead atoms. The molecule has 1 unspecified atom stereocenters. The number of ether oxygens (including phenoxy) is 1. The summed E-state index contributed by atoms with van der Waals surface area (Å²) in [5, 5.41) is 38.4. The van der Waals surface area contributed by atoms with Gasteiger partial charge in [0.05, 0.1) is 25.2 Å². The molecule has 14 nitrogen and oxygen atoms in total. The van der Waals surface area contributed by atoms with Crippen LogP contribution in [-0.4, -0.2) is 98.2 Å². The SMILES string of the molecule is CC(CCc1ccc(O)cc1)NCCc1ccc(O)c(O)c1.CN(Cc1cc(Br)cc(Br)c1N)C1CCCCC1.c1nc2c(NC3CCCCC3)nc(Nc3ccc(N4CCOCC4)cc3)nc2[nH]1. The van der Waals surface area contributed by atoms with Crippen LogP contribution in [0.25, 0.3) is 11.2 Å². The second-order valence-corrected chi connectivity index (χ2v) is 20.3. The number of halogens is 2. The lowest BCUT2D eigenvalue weighted by molar-refractivity contribution is 0.122. The fraction of sp³-hybridized carbons (Fsp3) is 0.453. The van der Waals surface area contributed by atoms with Gasteiger partial charge in [-0.2, -0.15) is 9.97 Å². The summed E-state index contributed by atoms with van der Waals surface area (Å²) in [6.07, 6.45) is 17.5. The molecule has 1 atom stereocenters. The van der Waals surface area contributed by atoms with Crippen LogP contribution in [0.5, 0.6) is 17.2 Å². The van der Waals surface area contributed by atoms with E-state index >= 15 is 0 Å². The van der Waals surface area contributed by atoms with Gasteiger partial charge in [-0.15, -0.1) is 0 Å². The summed E-state index contributed by atoms with van der Waals surface area (Å²) in [5.41, 5.74) is 14.1. The minimum atomic E-state index is -0.0843. The highest BCUT2D eigenvalue weighted by Crippen LogP contribution is 2.32. The van der Waals surface area contributed by atoms with Gasteiger partial charge in [0.25, 0.3) is 0 Å². The zero-order chi connectivity index (χ0) is 48.5. The van der Waals surface area contributed by atoms with E-state index in [-0.39, 0.29) is 11.5 Å². The Morgan fingerprint density at radius 3 is 2.23 bits per heavy atom. The molecule has 0 spiro atoms. The lowest BCUT2D eigenvalue weighted by Crippen LogP contribution is -2.36. The van der Waals surface area contributed by atoms with Gasteiger partial charge in [-0.3, -0.25) is 4.90 Å². The second-order valence-electron chi connectivity index (χ2n) is 18.5. The predicted molar refractivity (Wildman–Crippen MR) is 287 cm³/mol. The number of aryl methyl sites for hydroxylation is 1. The first-order valence-electron chi connectivity index (χ1n) is 24.6. The Balaban J connectivity index is 0.000000158. The fourth-order valence-electron chi connectivity index (χ4n) is 9.16. The van der Waals surface area contributed by atoms with Crippen molar-refractivity contribution in [1.82, 2.24) is 30.2 Å². The standard InChI is InChI=1S/C21H27N7O.C18H23NO3.C14H20Br2N2/c1-2-4-15(5-3-1)24-20-18-19(23-14-22-18)26-21(27-20)25-16-6-8-17(9-7-16)28-10-12-29-13-11-28;1-13(2-3-14-4-7-16(20)8-5-14)19-11-10-15-6-9-17(21)18(22)12-15;1-18(12-5-3-2-4-6-12)9-10-7-11(15)8-13(16)14(10)17/h6-9,14-15H,1-5,10-13H2,(H3,22,23,24,25,26,27);4-9,12-13,19-22H,2-3,10-11H2,1H3;7-8,12H,2-6,9,17H2,1H3. The summed E-state index contributed by atoms with van der Waals surface area (Å²) in [4.78, 5) is 21.6. The molecule has 4 aromatic carbocycles. The van der Waals surface area contributed by atoms with Crippen LogP contribution in [0, 0.1) is 0 Å². The van der Waals surface area contributed by atoms with Gasteiger partial charge in [0, 0.05) is 58.1 Å². The minimum absolute atomic E-state index is 0.0714. The van der Waals surface area contributed by atoms with Crippen molar-refractivity contribution in [3.63, 3.8) is 0 Å². The van der Waals surface area contributed by atoms with Gasteiger partial charge in [-0.25, -0.2) is 4.98 Å². The number of nitrogen functional groups attached to an aromatic ring is 1. The largest absolute Gasteiger partial charge is 0.508 e. The zero-order valence-corrected chi connectivity index (χ0v) is 43.2. The molecule has 3 heterocycles. The first kappa shape index (κ1) is 51.7. The number of fused-ring (bicyclic) bond motifs is 1. The summed E-state index contributed by atoms with van der Waals surface area (Å²) in [6.45, 7) is 7.33. The topological polar surface area (TPSA) is 193 Å². The third kappa shape index (κ3) is 15.9. The van der Waals surface area contributed by atoms with E-state index < -0.39 is 0 Å². The van der Waals surface area contributed by atoms with Crippen molar-refractivity contribution < 1.29 is 20.1 Å². The molecule has 0 amide bonds. The molecule has 3 aliphatic rings. The van der Waals surface area contributed by atoms with Gasteiger partial charge in [-0.1, -0.05) is 72.7 Å². The van der Waals surface area contributed by atoms with Crippen molar-refractivity contribution in [2.75, 3.05) is 61.2 Å². The van der Waals surface area contributed by atoms with Crippen LogP contribution >= 0.6 is 31.9 Å². The molecule has 1 aliphatic heterocycles. The molecule has 370 valence electrons. The predicted octanol–water partition coefficient (Wildman–Crippen LogP) is 11.2. The molecule has 9 rings (SSSR count). The quantitative estimate of drug-likeness (QED) is 0.0358. The molecular formula is C53H70Br2N10O4. The third-order valence-corrected chi connectivity index (χ3v) is 14.4. The van der Waals surface area contributed by atoms with Crippen molar-refractivity contribution in [2.24, 2.45) is 0 Å². The van der Waals surface area contributed by atoms with E-state index in [2.05, 4.69) is 117 Å². The number of nitrogens with two attached hydrogens (primary N) is 1. The Hall–Kier alpha value is -5.13. The van der Waals surface area contributed by atoms with Gasteiger partial charge in [0.1, 0.15) is 11.3 Å². The first-order chi connectivity index (χ1) is 33.5. The minimum Gasteiger partial charge on any atom is -0.508 e. The number of rotatable bonds is 15. The Morgan fingerprint density at radius 1 is 0.826 bits per heavy atom. The van der Waals surface area contributed by atoms with Gasteiger partial charge < -0.3 is 51.6 Å². The molecule has 2 aromatic heterocycles. The summed E-state index contributed by atoms with van der Waals surface area (Å²) in [5.74, 6) is 1.51. The van der Waals surface area contributed by atoms with Crippen LogP contribution in [-0.2, 0) is 24.1 Å². The number of anilines is 5. The van der Waals surface area contributed by atoms with Crippen LogP contribution in [0.1, 0.15) is 94.2 Å². The maximum absolute atomic E-state index is 9.45. The number of aromatic nitrogens is 4. The average Bonchev–Trinajstić information content (AvgIpc) is 3.85. The molecule has 2 saturated carbocycles. The number of morpholine rings is 1. The normalized spacial score (nSPS) is 16.0. The number of hydrogen-bond donors (Lipinski definition) is 8. The highest BCUT2D eigenvalue weighted by molar-refractivity contribution is 9.11. The lowest BCUT2D eigenvalue weighted by atomic mass is 9.94. The smallest absolute Gasteiger partial charge is 0.231 e. The number of nitrogens with zero attached hydrogens (tertiary/aromatic N) is 5. The van der Waals surface area contributed by atoms with Crippen molar-refractivity contribution >= 4 is 71.9 Å². The van der Waals surface area contributed by atoms with E-state index in [4.69, 9.17) is 15.5 Å². The van der Waals surface area contributed by atoms with Crippen molar-refractivity contribution in [3.05, 3.63) is 111 Å². The maximum Gasteiger partial charge on any atom is 0.231 e. The molecule has 2 aliphatic carbocycles. The molecule has 9 N–H and O–H groups in total. The summed E-state index contributed by atoms with van der Waals surface area (Å²) in [6, 6.07) is 26.3. The number of benzene rings is 4. The molecule has 6 aromatic rings. The van der Waals surface area contributed by atoms with Crippen LogP contribution in [0.15, 0.2) is 94.1 Å². The molecule has 0 radical (unpaired) electrons. The first-order valence-corrected chi connectivity index (χ1v) is 26.2. The van der Waals surface area contributed by atoms with Crippen molar-refractivity contribution in [2.45, 2.75) is 115 Å². The van der Waals surface area contributed by atoms with Crippen molar-refractivity contribution in [3.8, 4) is 17.2 Å². The fourth-order valence-corrected chi connectivity index (χ4v) is 10.5. The number of H-pyrrole nitrogens is 1. The van der Waals surface area contributed by atoms with Crippen LogP contribution in [0.2, 0.25) is 0 Å². The van der Waals surface area contributed by atoms with E-state index in [1.807, 2.05) is 24.3 Å². The molecule has 16 heteroatoms. The van der Waals surface area contributed by atoms with E-state index in [0.717, 1.165) is 108 Å². The summed E-state index contributed by atoms with van der Waals surface area (Å²) >= 11 is 7.04. The Morgan fingerprint density at radius 2 is 1.52 bits per heavy atom. The zero-order valence-electron chi connectivity index (χ0n) is 40.1. The van der Waals surface area contributed by atoms with Crippen LogP contribution in [0.3, 0.4) is 0 Å². The Bertz CT molecular complexity index is 2490. The number of aromatic amines is 1. The van der Waals surface area contributed by atoms with Crippen LogP contribution in [0.4, 0.5) is 28.8 Å². The maximum atomic E-state index is 9.45.